The number of allylic oxidation sites excluding steroid dienone is 1. The summed E-state index contributed by atoms with van der Waals surface area (Å²) < 4.78 is 0. The minimum atomic E-state index is 0.0641. The van der Waals surface area contributed by atoms with Crippen LogP contribution in [0.5, 0.6) is 0 Å². The van der Waals surface area contributed by atoms with Gasteiger partial charge < -0.3 is 0 Å². The van der Waals surface area contributed by atoms with E-state index in [2.05, 4.69) is 6.08 Å². The Morgan fingerprint density at radius 3 is 2.67 bits per heavy atom. The van der Waals surface area contributed by atoms with Crippen molar-refractivity contribution >= 4 is 23.1 Å². The van der Waals surface area contributed by atoms with Crippen molar-refractivity contribution in [3.63, 3.8) is 0 Å². The predicted molar refractivity (Wildman–Crippen MR) is 75.7 cm³/mol. The van der Waals surface area contributed by atoms with Crippen molar-refractivity contribution in [3.8, 4) is 0 Å². The summed E-state index contributed by atoms with van der Waals surface area (Å²) in [6.07, 6.45) is 6.89. The smallest absolute Gasteiger partial charge is 0.259 e. The summed E-state index contributed by atoms with van der Waals surface area (Å²) in [5.41, 5.74) is 3.14. The summed E-state index contributed by atoms with van der Waals surface area (Å²) in [6, 6.07) is 7.62. The standard InChI is InChI=1S/C15H15NOS/c17-14-12-7-3-4-8-13(12)15(18)16(14)10-9-11-5-1-2-6-11/h3-5,7-8H,1-2,6,9-10H2. The maximum absolute atomic E-state index is 12.2. The molecule has 3 heteroatoms. The summed E-state index contributed by atoms with van der Waals surface area (Å²) in [5, 5.41) is 0. The molecule has 2 nitrogen and oxygen atoms in total. The number of hydrogen-bond acceptors (Lipinski definition) is 2. The summed E-state index contributed by atoms with van der Waals surface area (Å²) in [7, 11) is 0. The highest BCUT2D eigenvalue weighted by Crippen LogP contribution is 2.26. The number of fused-ring (bicyclic) bond motifs is 1. The Hall–Kier alpha value is -1.48. The largest absolute Gasteiger partial charge is 0.298 e. The van der Waals surface area contributed by atoms with Gasteiger partial charge in [0.25, 0.3) is 5.91 Å². The van der Waals surface area contributed by atoms with Gasteiger partial charge in [0.05, 0.1) is 5.56 Å². The molecule has 0 unspecified atom stereocenters. The minimum absolute atomic E-state index is 0.0641. The highest BCUT2D eigenvalue weighted by Gasteiger charge is 2.31. The normalized spacial score (nSPS) is 18.2. The van der Waals surface area contributed by atoms with Gasteiger partial charge in [-0.1, -0.05) is 42.1 Å². The number of amides is 1. The van der Waals surface area contributed by atoms with E-state index in [0.29, 0.717) is 4.99 Å². The zero-order valence-corrected chi connectivity index (χ0v) is 11.0. The van der Waals surface area contributed by atoms with Gasteiger partial charge in [-0.25, -0.2) is 0 Å². The second kappa shape index (κ2) is 4.65. The molecule has 1 aromatic rings. The zero-order chi connectivity index (χ0) is 12.5. The average Bonchev–Trinajstić information content (AvgIpc) is 2.98. The maximum atomic E-state index is 12.2. The monoisotopic (exact) mass is 257 g/mol. The van der Waals surface area contributed by atoms with Crippen molar-refractivity contribution in [1.82, 2.24) is 4.90 Å². The Bertz CT molecular complexity index is 512. The second-order valence-corrected chi connectivity index (χ2v) is 5.20. The van der Waals surface area contributed by atoms with Crippen LogP contribution in [0.3, 0.4) is 0 Å². The summed E-state index contributed by atoms with van der Waals surface area (Å²) in [5.74, 6) is 0.0641. The molecule has 1 heterocycles. The van der Waals surface area contributed by atoms with Gasteiger partial charge in [0.15, 0.2) is 0 Å². The third-order valence-corrected chi connectivity index (χ3v) is 4.11. The molecule has 0 spiro atoms. The van der Waals surface area contributed by atoms with Crippen molar-refractivity contribution in [2.45, 2.75) is 25.7 Å². The van der Waals surface area contributed by atoms with E-state index in [4.69, 9.17) is 12.2 Å². The van der Waals surface area contributed by atoms with Gasteiger partial charge >= 0.3 is 0 Å². The van der Waals surface area contributed by atoms with Crippen LogP contribution in [-0.2, 0) is 0 Å². The summed E-state index contributed by atoms with van der Waals surface area (Å²) >= 11 is 5.40. The third kappa shape index (κ3) is 1.89. The van der Waals surface area contributed by atoms with Crippen LogP contribution in [-0.4, -0.2) is 22.3 Å². The van der Waals surface area contributed by atoms with Gasteiger partial charge in [-0.15, -0.1) is 0 Å². The van der Waals surface area contributed by atoms with Gasteiger partial charge in [-0.3, -0.25) is 9.69 Å². The molecule has 0 fully saturated rings. The van der Waals surface area contributed by atoms with Crippen LogP contribution in [0.25, 0.3) is 0 Å². The van der Waals surface area contributed by atoms with Crippen LogP contribution in [0.4, 0.5) is 0 Å². The van der Waals surface area contributed by atoms with Crippen molar-refractivity contribution in [2.75, 3.05) is 6.54 Å². The van der Waals surface area contributed by atoms with E-state index in [1.54, 1.807) is 4.90 Å². The molecule has 0 saturated carbocycles. The molecule has 1 aliphatic heterocycles. The van der Waals surface area contributed by atoms with E-state index in [1.807, 2.05) is 24.3 Å². The Labute approximate surface area is 112 Å². The van der Waals surface area contributed by atoms with Crippen molar-refractivity contribution in [1.29, 1.82) is 0 Å². The van der Waals surface area contributed by atoms with Crippen LogP contribution in [0, 0.1) is 0 Å². The van der Waals surface area contributed by atoms with Gasteiger partial charge in [0, 0.05) is 12.1 Å². The molecule has 0 radical (unpaired) electrons. The minimum Gasteiger partial charge on any atom is -0.298 e. The first-order valence-electron chi connectivity index (χ1n) is 6.40. The lowest BCUT2D eigenvalue weighted by molar-refractivity contribution is 0.0863. The number of thiocarbonyl (C=S) groups is 1. The lowest BCUT2D eigenvalue weighted by Gasteiger charge is -2.16. The Kier molecular flexibility index (Phi) is 3.00. The summed E-state index contributed by atoms with van der Waals surface area (Å²) in [6.45, 7) is 0.720. The quantitative estimate of drug-likeness (QED) is 0.611. The molecule has 18 heavy (non-hydrogen) atoms. The molecule has 0 saturated heterocycles. The number of benzene rings is 1. The number of nitrogens with zero attached hydrogens (tertiary/aromatic N) is 1. The van der Waals surface area contributed by atoms with Crippen LogP contribution in [0.1, 0.15) is 41.6 Å². The molecule has 1 amide bonds. The first-order valence-corrected chi connectivity index (χ1v) is 6.81. The Balaban J connectivity index is 1.75. The maximum Gasteiger partial charge on any atom is 0.259 e. The highest BCUT2D eigenvalue weighted by atomic mass is 32.1. The number of carbonyl (C=O) groups excluding carboxylic acids is 1. The molecule has 0 atom stereocenters. The Morgan fingerprint density at radius 1 is 1.22 bits per heavy atom. The van der Waals surface area contributed by atoms with Crippen LogP contribution in [0.2, 0.25) is 0 Å². The molecule has 92 valence electrons. The van der Waals surface area contributed by atoms with E-state index in [9.17, 15) is 4.79 Å². The first-order chi connectivity index (χ1) is 8.77. The van der Waals surface area contributed by atoms with Crippen molar-refractivity contribution in [2.24, 2.45) is 0 Å². The third-order valence-electron chi connectivity index (χ3n) is 3.67. The van der Waals surface area contributed by atoms with Crippen molar-refractivity contribution < 1.29 is 4.79 Å². The first kappa shape index (κ1) is 11.6. The van der Waals surface area contributed by atoms with Gasteiger partial charge in [-0.05, 0) is 31.7 Å². The van der Waals surface area contributed by atoms with Crippen LogP contribution < -0.4 is 0 Å². The van der Waals surface area contributed by atoms with E-state index in [1.165, 1.54) is 24.8 Å². The number of hydrogen-bond donors (Lipinski definition) is 0. The van der Waals surface area contributed by atoms with Gasteiger partial charge in [0.1, 0.15) is 4.99 Å². The number of carbonyl (C=O) groups is 1. The van der Waals surface area contributed by atoms with E-state index < -0.39 is 0 Å². The molecular formula is C15H15NOS. The van der Waals surface area contributed by atoms with E-state index in [0.717, 1.165) is 24.1 Å². The van der Waals surface area contributed by atoms with E-state index in [-0.39, 0.29) is 5.91 Å². The van der Waals surface area contributed by atoms with Gasteiger partial charge in [0.2, 0.25) is 0 Å². The van der Waals surface area contributed by atoms with Crippen LogP contribution >= 0.6 is 12.2 Å². The number of rotatable bonds is 3. The molecule has 3 rings (SSSR count). The fourth-order valence-corrected chi connectivity index (χ4v) is 3.01. The molecule has 1 aromatic carbocycles. The molecular weight excluding hydrogens is 242 g/mol. The molecule has 0 N–H and O–H groups in total. The molecule has 2 aliphatic rings. The Morgan fingerprint density at radius 2 is 2.00 bits per heavy atom. The second-order valence-electron chi connectivity index (χ2n) is 4.81. The molecule has 0 bridgehead atoms. The van der Waals surface area contributed by atoms with Gasteiger partial charge in [-0.2, -0.15) is 0 Å². The lowest BCUT2D eigenvalue weighted by atomic mass is 10.1. The summed E-state index contributed by atoms with van der Waals surface area (Å²) in [4.78, 5) is 14.7. The zero-order valence-electron chi connectivity index (χ0n) is 10.2. The average molecular weight is 257 g/mol. The van der Waals surface area contributed by atoms with Crippen molar-refractivity contribution in [3.05, 3.63) is 47.0 Å². The van der Waals surface area contributed by atoms with E-state index >= 15 is 0 Å². The molecule has 1 aliphatic carbocycles. The lowest BCUT2D eigenvalue weighted by Crippen LogP contribution is -2.30. The highest BCUT2D eigenvalue weighted by molar-refractivity contribution is 7.80. The fourth-order valence-electron chi connectivity index (χ4n) is 2.66. The fraction of sp³-hybridized carbons (Fsp3) is 0.333. The SMILES string of the molecule is O=C1c2ccccc2C(=S)N1CCC1=CCCC1. The predicted octanol–water partition coefficient (Wildman–Crippen LogP) is 3.32. The van der Waals surface area contributed by atoms with Crippen LogP contribution in [0.15, 0.2) is 35.9 Å². The molecule has 0 aromatic heterocycles. The topological polar surface area (TPSA) is 20.3 Å².